The Morgan fingerprint density at radius 3 is 2.36 bits per heavy atom. The van der Waals surface area contributed by atoms with E-state index in [1.165, 1.54) is 7.11 Å². The number of nitrogens with one attached hydrogen (secondary N) is 1. The SMILES string of the molecule is COC(=O)NC(I=O)C(C)C. The molecule has 0 rings (SSSR count). The number of hydrogen-bond acceptors (Lipinski definition) is 3. The third kappa shape index (κ3) is 4.28. The first kappa shape index (κ1) is 10.8. The molecule has 1 unspecified atom stereocenters. The van der Waals surface area contributed by atoms with Crippen LogP contribution in [0.4, 0.5) is 4.79 Å². The Kier molecular flexibility index (Phi) is 5.35. The largest absolute Gasteiger partial charge is 0.453 e. The summed E-state index contributed by atoms with van der Waals surface area (Å²) in [4.78, 5) is 10.6. The third-order valence-electron chi connectivity index (χ3n) is 1.12. The molecule has 0 fully saturated rings. The highest BCUT2D eigenvalue weighted by Crippen LogP contribution is 2.13. The number of alkyl halides is 1. The summed E-state index contributed by atoms with van der Waals surface area (Å²) >= 11 is -1.20. The Hall–Kier alpha value is -0.200. The maximum atomic E-state index is 10.6. The number of hydrogen-bond donors (Lipinski definition) is 1. The lowest BCUT2D eigenvalue weighted by molar-refractivity contribution is 0.169. The average molecular weight is 273 g/mol. The van der Waals surface area contributed by atoms with Crippen LogP contribution in [0.3, 0.4) is 0 Å². The maximum absolute atomic E-state index is 10.6. The van der Waals surface area contributed by atoms with Gasteiger partial charge in [0.1, 0.15) is 4.05 Å². The number of carbonyl (C=O) groups is 1. The zero-order valence-corrected chi connectivity index (χ0v) is 8.91. The fourth-order valence-electron chi connectivity index (χ4n) is 0.463. The fourth-order valence-corrected chi connectivity index (χ4v) is 1.43. The summed E-state index contributed by atoms with van der Waals surface area (Å²) in [6, 6.07) is 0. The van der Waals surface area contributed by atoms with E-state index in [9.17, 15) is 7.86 Å². The highest BCUT2D eigenvalue weighted by atomic mass is 127. The average Bonchev–Trinajstić information content (AvgIpc) is 1.99. The molecule has 0 saturated carbocycles. The van der Waals surface area contributed by atoms with Crippen LogP contribution in [0.25, 0.3) is 0 Å². The van der Waals surface area contributed by atoms with Crippen molar-refractivity contribution in [2.75, 3.05) is 7.11 Å². The minimum absolute atomic E-state index is 0.194. The van der Waals surface area contributed by atoms with Gasteiger partial charge in [0.2, 0.25) is 0 Å². The molecule has 0 aliphatic carbocycles. The molecular formula is C6H12INO3. The molecule has 1 N–H and O–H groups in total. The highest BCUT2D eigenvalue weighted by molar-refractivity contribution is 14.1. The molecule has 1 atom stereocenters. The second kappa shape index (κ2) is 5.45. The van der Waals surface area contributed by atoms with E-state index in [0.717, 1.165) is 0 Å². The van der Waals surface area contributed by atoms with Gasteiger partial charge in [0.15, 0.2) is 21.2 Å². The van der Waals surface area contributed by atoms with Gasteiger partial charge in [0.05, 0.1) is 7.11 Å². The molecule has 0 heterocycles. The molecule has 1 amide bonds. The third-order valence-corrected chi connectivity index (χ3v) is 3.42. The number of alkyl carbamates (subject to hydrolysis) is 1. The van der Waals surface area contributed by atoms with Gasteiger partial charge < -0.3 is 10.1 Å². The standard InChI is InChI=1S/C6H12INO3/c1-4(2)5(7-10)8-6(9)11-3/h4-5H,1-3H3,(H,8,9). The number of halogens is 1. The molecule has 0 aromatic rings. The molecule has 5 heteroatoms. The number of methoxy groups -OCH3 is 1. The molecule has 0 spiro atoms. The van der Waals surface area contributed by atoms with Crippen molar-refractivity contribution in [1.82, 2.24) is 5.32 Å². The molecule has 0 aliphatic rings. The van der Waals surface area contributed by atoms with Crippen LogP contribution in [0, 0.1) is 5.92 Å². The van der Waals surface area contributed by atoms with Crippen molar-refractivity contribution in [2.45, 2.75) is 17.9 Å². The number of amides is 1. The summed E-state index contributed by atoms with van der Waals surface area (Å²) in [5.41, 5.74) is 0. The molecule has 4 nitrogen and oxygen atoms in total. The van der Waals surface area contributed by atoms with Crippen molar-refractivity contribution in [3.63, 3.8) is 0 Å². The molecule has 0 aromatic heterocycles. The van der Waals surface area contributed by atoms with Crippen molar-refractivity contribution < 1.29 is 12.6 Å². The van der Waals surface area contributed by atoms with Crippen molar-refractivity contribution in [3.8, 4) is 0 Å². The van der Waals surface area contributed by atoms with Gasteiger partial charge >= 0.3 is 6.09 Å². The molecule has 0 aliphatic heterocycles. The van der Waals surface area contributed by atoms with Crippen molar-refractivity contribution >= 4 is 27.3 Å². The summed E-state index contributed by atoms with van der Waals surface area (Å²) in [7, 11) is 1.29. The van der Waals surface area contributed by atoms with E-state index < -0.39 is 27.3 Å². The van der Waals surface area contributed by atoms with Gasteiger partial charge in [0.25, 0.3) is 0 Å². The quantitative estimate of drug-likeness (QED) is 0.483. The van der Waals surface area contributed by atoms with Gasteiger partial charge in [0, 0.05) is 0 Å². The Morgan fingerprint density at radius 2 is 2.09 bits per heavy atom. The fraction of sp³-hybridized carbons (Fsp3) is 0.833. The van der Waals surface area contributed by atoms with Gasteiger partial charge in [-0.05, 0) is 5.92 Å². The van der Waals surface area contributed by atoms with Gasteiger partial charge in [-0.2, -0.15) is 0 Å². The van der Waals surface area contributed by atoms with Gasteiger partial charge in [-0.25, -0.2) is 4.79 Å². The lowest BCUT2D eigenvalue weighted by atomic mass is 10.2. The van der Waals surface area contributed by atoms with E-state index in [0.29, 0.717) is 0 Å². The second-order valence-electron chi connectivity index (χ2n) is 2.37. The van der Waals surface area contributed by atoms with Crippen LogP contribution < -0.4 is 5.32 Å². The first-order valence-corrected chi connectivity index (χ1v) is 5.34. The smallest absolute Gasteiger partial charge is 0.407 e. The Labute approximate surface area is 76.3 Å². The monoisotopic (exact) mass is 273 g/mol. The Balaban J connectivity index is 3.87. The zero-order chi connectivity index (χ0) is 8.85. The predicted octanol–water partition coefficient (Wildman–Crippen LogP) is 1.64. The van der Waals surface area contributed by atoms with Crippen LogP contribution in [0.1, 0.15) is 13.8 Å². The van der Waals surface area contributed by atoms with Gasteiger partial charge in [-0.15, -0.1) is 0 Å². The van der Waals surface area contributed by atoms with E-state index in [4.69, 9.17) is 0 Å². The summed E-state index contributed by atoms with van der Waals surface area (Å²) in [6.07, 6.45) is -0.515. The Morgan fingerprint density at radius 1 is 1.55 bits per heavy atom. The summed E-state index contributed by atoms with van der Waals surface area (Å²) in [5.74, 6) is 0.194. The van der Waals surface area contributed by atoms with Crippen LogP contribution in [0.15, 0.2) is 0 Å². The molecular weight excluding hydrogens is 261 g/mol. The topological polar surface area (TPSA) is 55.4 Å². The molecule has 66 valence electrons. The normalized spacial score (nSPS) is 12.7. The molecule has 0 aromatic carbocycles. The van der Waals surface area contributed by atoms with Crippen LogP contribution in [-0.4, -0.2) is 17.3 Å². The van der Waals surface area contributed by atoms with E-state index in [2.05, 4.69) is 10.1 Å². The lowest BCUT2D eigenvalue weighted by Gasteiger charge is -2.13. The first-order chi connectivity index (χ1) is 5.11. The Bertz CT molecular complexity index is 149. The van der Waals surface area contributed by atoms with Crippen molar-refractivity contribution in [2.24, 2.45) is 5.92 Å². The minimum Gasteiger partial charge on any atom is -0.453 e. The maximum Gasteiger partial charge on any atom is 0.407 e. The van der Waals surface area contributed by atoms with Crippen molar-refractivity contribution in [1.29, 1.82) is 0 Å². The summed E-state index contributed by atoms with van der Waals surface area (Å²) in [5, 5.41) is 2.49. The second-order valence-corrected chi connectivity index (χ2v) is 4.22. The van der Waals surface area contributed by atoms with E-state index >= 15 is 0 Å². The molecule has 0 saturated heterocycles. The van der Waals surface area contributed by atoms with Crippen molar-refractivity contribution in [3.05, 3.63) is 0 Å². The van der Waals surface area contributed by atoms with Crippen LogP contribution >= 0.6 is 21.2 Å². The number of carbonyl (C=O) groups excluding carboxylic acids is 1. The first-order valence-electron chi connectivity index (χ1n) is 3.22. The number of rotatable bonds is 3. The molecule has 11 heavy (non-hydrogen) atoms. The van der Waals surface area contributed by atoms with Gasteiger partial charge in [-0.3, -0.25) is 3.07 Å². The van der Waals surface area contributed by atoms with E-state index in [1.807, 2.05) is 13.8 Å². The lowest BCUT2D eigenvalue weighted by Crippen LogP contribution is -2.34. The van der Waals surface area contributed by atoms with Gasteiger partial charge in [-0.1, -0.05) is 13.8 Å². The number of ether oxygens (including phenoxy) is 1. The zero-order valence-electron chi connectivity index (χ0n) is 6.76. The van der Waals surface area contributed by atoms with Crippen LogP contribution in [-0.2, 0) is 7.81 Å². The molecule has 0 radical (unpaired) electrons. The van der Waals surface area contributed by atoms with E-state index in [1.54, 1.807) is 0 Å². The minimum atomic E-state index is -1.20. The predicted molar refractivity (Wildman–Crippen MR) is 48.9 cm³/mol. The van der Waals surface area contributed by atoms with Crippen LogP contribution in [0.5, 0.6) is 0 Å². The van der Waals surface area contributed by atoms with Crippen LogP contribution in [0.2, 0.25) is 0 Å². The summed E-state index contributed by atoms with van der Waals surface area (Å²) < 4.78 is 14.7. The molecule has 0 bridgehead atoms. The highest BCUT2D eigenvalue weighted by Gasteiger charge is 2.15. The summed E-state index contributed by atoms with van der Waals surface area (Å²) in [6.45, 7) is 3.80. The van der Waals surface area contributed by atoms with E-state index in [-0.39, 0.29) is 9.97 Å².